The van der Waals surface area contributed by atoms with Crippen molar-refractivity contribution in [1.29, 1.82) is 0 Å². The van der Waals surface area contributed by atoms with Gasteiger partial charge in [-0.3, -0.25) is 4.79 Å². The van der Waals surface area contributed by atoms with Crippen molar-refractivity contribution < 1.29 is 19.0 Å². The van der Waals surface area contributed by atoms with Crippen molar-refractivity contribution in [1.82, 2.24) is 0 Å². The highest BCUT2D eigenvalue weighted by Gasteiger charge is 2.30. The Morgan fingerprint density at radius 2 is 1.81 bits per heavy atom. The van der Waals surface area contributed by atoms with Crippen LogP contribution >= 0.6 is 0 Å². The molecule has 1 heterocycles. The number of carbonyl (C=O) groups is 1. The van der Waals surface area contributed by atoms with Gasteiger partial charge in [0.05, 0.1) is 14.2 Å². The van der Waals surface area contributed by atoms with Crippen LogP contribution in [0.5, 0.6) is 17.2 Å². The monoisotopic (exact) mass is 284 g/mol. The van der Waals surface area contributed by atoms with Crippen LogP contribution in [0.15, 0.2) is 42.5 Å². The van der Waals surface area contributed by atoms with Gasteiger partial charge in [0.1, 0.15) is 17.2 Å². The number of ketones is 1. The van der Waals surface area contributed by atoms with Gasteiger partial charge in [-0.25, -0.2) is 0 Å². The molecule has 1 aliphatic heterocycles. The highest BCUT2D eigenvalue weighted by atomic mass is 16.5. The highest BCUT2D eigenvalue weighted by Crippen LogP contribution is 2.37. The lowest BCUT2D eigenvalue weighted by Crippen LogP contribution is -2.26. The number of carbonyl (C=O) groups excluding carboxylic acids is 1. The number of hydrogen-bond donors (Lipinski definition) is 0. The normalized spacial score (nSPS) is 16.9. The number of ether oxygens (including phenoxy) is 3. The van der Waals surface area contributed by atoms with Gasteiger partial charge in [-0.15, -0.1) is 0 Å². The topological polar surface area (TPSA) is 44.8 Å². The minimum Gasteiger partial charge on any atom is -0.497 e. The van der Waals surface area contributed by atoms with Crippen LogP contribution in [0.3, 0.4) is 0 Å². The van der Waals surface area contributed by atoms with E-state index in [2.05, 4.69) is 0 Å². The summed E-state index contributed by atoms with van der Waals surface area (Å²) in [5, 5.41) is 0. The van der Waals surface area contributed by atoms with Gasteiger partial charge >= 0.3 is 0 Å². The van der Waals surface area contributed by atoms with Gasteiger partial charge in [0.15, 0.2) is 11.9 Å². The minimum atomic E-state index is -0.574. The summed E-state index contributed by atoms with van der Waals surface area (Å²) in [5.74, 6) is 2.17. The molecule has 21 heavy (non-hydrogen) atoms. The fraction of sp³-hybridized carbons (Fsp3) is 0.235. The molecule has 0 saturated heterocycles. The number of hydrogen-bond acceptors (Lipinski definition) is 4. The molecule has 0 fully saturated rings. The standard InChI is InChI=1S/C17H16O4/c1-19-12-8-6-11(7-9-12)17-14(18)10-13-15(20-2)4-3-5-16(13)21-17/h3-9,17H,10H2,1-2H3. The molecule has 0 aromatic heterocycles. The van der Waals surface area contributed by atoms with Crippen LogP contribution < -0.4 is 14.2 Å². The number of methoxy groups -OCH3 is 2. The predicted molar refractivity (Wildman–Crippen MR) is 78.1 cm³/mol. The molecule has 3 rings (SSSR count). The van der Waals surface area contributed by atoms with E-state index >= 15 is 0 Å². The second-order valence-electron chi connectivity index (χ2n) is 4.85. The van der Waals surface area contributed by atoms with E-state index in [9.17, 15) is 4.79 Å². The van der Waals surface area contributed by atoms with E-state index in [-0.39, 0.29) is 5.78 Å². The average Bonchev–Trinajstić information content (AvgIpc) is 2.54. The molecule has 2 aromatic carbocycles. The quantitative estimate of drug-likeness (QED) is 0.869. The van der Waals surface area contributed by atoms with Gasteiger partial charge in [0.2, 0.25) is 0 Å². The zero-order chi connectivity index (χ0) is 14.8. The third-order valence-electron chi connectivity index (χ3n) is 3.62. The Kier molecular flexibility index (Phi) is 3.52. The molecule has 0 N–H and O–H groups in total. The molecule has 0 aliphatic carbocycles. The van der Waals surface area contributed by atoms with Crippen molar-refractivity contribution in [2.45, 2.75) is 12.5 Å². The summed E-state index contributed by atoms with van der Waals surface area (Å²) < 4.78 is 16.3. The first-order valence-electron chi connectivity index (χ1n) is 6.72. The first-order valence-corrected chi connectivity index (χ1v) is 6.72. The second-order valence-corrected chi connectivity index (χ2v) is 4.85. The van der Waals surface area contributed by atoms with Crippen molar-refractivity contribution in [2.75, 3.05) is 14.2 Å². The Hall–Kier alpha value is -2.49. The Labute approximate surface area is 123 Å². The zero-order valence-corrected chi connectivity index (χ0v) is 12.0. The van der Waals surface area contributed by atoms with Crippen LogP contribution in [0.2, 0.25) is 0 Å². The number of fused-ring (bicyclic) bond motifs is 1. The van der Waals surface area contributed by atoms with Crippen molar-refractivity contribution in [2.24, 2.45) is 0 Å². The molecule has 4 heteroatoms. The summed E-state index contributed by atoms with van der Waals surface area (Å²) in [7, 11) is 3.20. The van der Waals surface area contributed by atoms with Crippen LogP contribution in [0.1, 0.15) is 17.2 Å². The maximum absolute atomic E-state index is 12.4. The minimum absolute atomic E-state index is 0.0252. The predicted octanol–water partition coefficient (Wildman–Crippen LogP) is 2.95. The maximum atomic E-state index is 12.4. The lowest BCUT2D eigenvalue weighted by molar-refractivity contribution is -0.126. The molecular formula is C17H16O4. The second kappa shape index (κ2) is 5.48. The van der Waals surface area contributed by atoms with Crippen LogP contribution in [-0.2, 0) is 11.2 Å². The Balaban J connectivity index is 1.93. The van der Waals surface area contributed by atoms with Gasteiger partial charge < -0.3 is 14.2 Å². The third-order valence-corrected chi connectivity index (χ3v) is 3.62. The molecule has 0 spiro atoms. The summed E-state index contributed by atoms with van der Waals surface area (Å²) in [5.41, 5.74) is 1.64. The van der Waals surface area contributed by atoms with E-state index in [4.69, 9.17) is 14.2 Å². The fourth-order valence-electron chi connectivity index (χ4n) is 2.51. The molecule has 0 amide bonds. The van der Waals surface area contributed by atoms with Crippen molar-refractivity contribution in [3.63, 3.8) is 0 Å². The lowest BCUT2D eigenvalue weighted by Gasteiger charge is -2.26. The molecule has 1 aliphatic rings. The molecule has 108 valence electrons. The molecule has 0 saturated carbocycles. The Morgan fingerprint density at radius 3 is 2.48 bits per heavy atom. The van der Waals surface area contributed by atoms with Gasteiger partial charge in [0.25, 0.3) is 0 Å². The zero-order valence-electron chi connectivity index (χ0n) is 12.0. The van der Waals surface area contributed by atoms with Crippen molar-refractivity contribution in [3.8, 4) is 17.2 Å². The molecular weight excluding hydrogens is 268 g/mol. The Bertz CT molecular complexity index is 661. The molecule has 2 aromatic rings. The molecule has 1 unspecified atom stereocenters. The van der Waals surface area contributed by atoms with E-state index in [1.165, 1.54) is 0 Å². The van der Waals surface area contributed by atoms with Crippen molar-refractivity contribution in [3.05, 3.63) is 53.6 Å². The molecule has 4 nitrogen and oxygen atoms in total. The average molecular weight is 284 g/mol. The summed E-state index contributed by atoms with van der Waals surface area (Å²) in [6, 6.07) is 12.9. The smallest absolute Gasteiger partial charge is 0.182 e. The highest BCUT2D eigenvalue weighted by molar-refractivity contribution is 5.89. The van der Waals surface area contributed by atoms with E-state index in [0.29, 0.717) is 17.9 Å². The van der Waals surface area contributed by atoms with Gasteiger partial charge in [-0.2, -0.15) is 0 Å². The Morgan fingerprint density at radius 1 is 1.05 bits per heavy atom. The van der Waals surface area contributed by atoms with Gasteiger partial charge in [-0.05, 0) is 24.3 Å². The summed E-state index contributed by atoms with van der Waals surface area (Å²) >= 11 is 0. The first-order chi connectivity index (χ1) is 10.2. The summed E-state index contributed by atoms with van der Waals surface area (Å²) in [6.45, 7) is 0. The van der Waals surface area contributed by atoms with E-state index in [0.717, 1.165) is 16.9 Å². The van der Waals surface area contributed by atoms with Crippen LogP contribution in [0, 0.1) is 0 Å². The van der Waals surface area contributed by atoms with Crippen LogP contribution in [0.4, 0.5) is 0 Å². The number of Topliss-reactive ketones (excluding diaryl/α,β-unsaturated/α-hetero) is 1. The molecule has 0 radical (unpaired) electrons. The summed E-state index contributed by atoms with van der Waals surface area (Å²) in [4.78, 5) is 12.4. The lowest BCUT2D eigenvalue weighted by atomic mass is 9.95. The number of benzene rings is 2. The fourth-order valence-corrected chi connectivity index (χ4v) is 2.51. The van der Waals surface area contributed by atoms with Crippen molar-refractivity contribution >= 4 is 5.78 Å². The SMILES string of the molecule is COc1ccc(C2Oc3cccc(OC)c3CC2=O)cc1. The first kappa shape index (κ1) is 13.5. The van der Waals surface area contributed by atoms with E-state index in [1.807, 2.05) is 42.5 Å². The van der Waals surface area contributed by atoms with Crippen LogP contribution in [-0.4, -0.2) is 20.0 Å². The number of rotatable bonds is 3. The molecule has 1 atom stereocenters. The van der Waals surface area contributed by atoms with E-state index in [1.54, 1.807) is 14.2 Å². The third kappa shape index (κ3) is 2.44. The summed E-state index contributed by atoms with van der Waals surface area (Å²) in [6.07, 6.45) is -0.258. The van der Waals surface area contributed by atoms with Crippen LogP contribution in [0.25, 0.3) is 0 Å². The largest absolute Gasteiger partial charge is 0.497 e. The van der Waals surface area contributed by atoms with E-state index < -0.39 is 6.10 Å². The van der Waals surface area contributed by atoms with Gasteiger partial charge in [-0.1, -0.05) is 18.2 Å². The molecule has 0 bridgehead atoms. The maximum Gasteiger partial charge on any atom is 0.182 e. The van der Waals surface area contributed by atoms with Gasteiger partial charge in [0, 0.05) is 17.5 Å².